The van der Waals surface area contributed by atoms with Gasteiger partial charge in [0.15, 0.2) is 11.5 Å². The molecule has 2 aromatic rings. The standard InChI is InChI=1S/C21H23FN2O5S/c22-18-4-1-15(2-5-18)13-30(26,27)24-9-7-17(8-10-24)21(25)23-12-16-3-6-19-20(11-16)29-14-28-19/h1-6,11,17H,7-10,12-14H2,(H,23,25). The second kappa shape index (κ2) is 8.61. The monoisotopic (exact) mass is 434 g/mol. The quantitative estimate of drug-likeness (QED) is 0.755. The zero-order valence-electron chi connectivity index (χ0n) is 16.3. The summed E-state index contributed by atoms with van der Waals surface area (Å²) in [6.45, 7) is 1.17. The molecule has 9 heteroatoms. The smallest absolute Gasteiger partial charge is 0.231 e. The Kier molecular flexibility index (Phi) is 5.92. The highest BCUT2D eigenvalue weighted by Gasteiger charge is 2.31. The van der Waals surface area contributed by atoms with Crippen molar-refractivity contribution in [3.63, 3.8) is 0 Å². The van der Waals surface area contributed by atoms with Crippen LogP contribution in [0, 0.1) is 11.7 Å². The number of sulfonamides is 1. The van der Waals surface area contributed by atoms with Crippen molar-refractivity contribution in [1.82, 2.24) is 9.62 Å². The number of hydrogen-bond donors (Lipinski definition) is 1. The van der Waals surface area contributed by atoms with Gasteiger partial charge >= 0.3 is 0 Å². The molecule has 1 N–H and O–H groups in total. The van der Waals surface area contributed by atoms with Gasteiger partial charge in [-0.05, 0) is 48.2 Å². The lowest BCUT2D eigenvalue weighted by Crippen LogP contribution is -2.43. The molecule has 30 heavy (non-hydrogen) atoms. The van der Waals surface area contributed by atoms with Crippen LogP contribution < -0.4 is 14.8 Å². The van der Waals surface area contributed by atoms with Gasteiger partial charge in [0, 0.05) is 25.6 Å². The van der Waals surface area contributed by atoms with Crippen molar-refractivity contribution in [1.29, 1.82) is 0 Å². The Morgan fingerprint density at radius 3 is 2.43 bits per heavy atom. The number of nitrogens with zero attached hydrogens (tertiary/aromatic N) is 1. The molecule has 0 radical (unpaired) electrons. The average molecular weight is 434 g/mol. The Balaban J connectivity index is 1.27. The van der Waals surface area contributed by atoms with E-state index in [2.05, 4.69) is 5.32 Å². The number of hydrogen-bond acceptors (Lipinski definition) is 5. The van der Waals surface area contributed by atoms with Crippen LogP contribution in [0.2, 0.25) is 0 Å². The zero-order chi connectivity index (χ0) is 21.1. The molecule has 0 spiro atoms. The topological polar surface area (TPSA) is 84.9 Å². The Morgan fingerprint density at radius 1 is 1.03 bits per heavy atom. The summed E-state index contributed by atoms with van der Waals surface area (Å²) in [7, 11) is -3.51. The van der Waals surface area contributed by atoms with Gasteiger partial charge in [0.25, 0.3) is 0 Å². The minimum Gasteiger partial charge on any atom is -0.454 e. The first-order valence-corrected chi connectivity index (χ1v) is 11.4. The number of ether oxygens (including phenoxy) is 2. The fraction of sp³-hybridized carbons (Fsp3) is 0.381. The van der Waals surface area contributed by atoms with Gasteiger partial charge < -0.3 is 14.8 Å². The lowest BCUT2D eigenvalue weighted by Gasteiger charge is -2.30. The fourth-order valence-electron chi connectivity index (χ4n) is 3.66. The second-order valence-corrected chi connectivity index (χ2v) is 9.43. The number of nitrogens with one attached hydrogen (secondary N) is 1. The summed E-state index contributed by atoms with van der Waals surface area (Å²) in [5.74, 6) is 0.484. The molecule has 0 bridgehead atoms. The first kappa shape index (κ1) is 20.6. The van der Waals surface area contributed by atoms with Crippen molar-refractivity contribution >= 4 is 15.9 Å². The number of piperidine rings is 1. The van der Waals surface area contributed by atoms with Crippen LogP contribution in [0.5, 0.6) is 11.5 Å². The molecule has 2 aliphatic heterocycles. The third-order valence-electron chi connectivity index (χ3n) is 5.38. The molecule has 7 nitrogen and oxygen atoms in total. The van der Waals surface area contributed by atoms with Gasteiger partial charge in [-0.2, -0.15) is 0 Å². The number of fused-ring (bicyclic) bond motifs is 1. The van der Waals surface area contributed by atoms with Crippen LogP contribution in [0.1, 0.15) is 24.0 Å². The molecule has 160 valence electrons. The molecule has 1 amide bonds. The average Bonchev–Trinajstić information content (AvgIpc) is 3.21. The summed E-state index contributed by atoms with van der Waals surface area (Å²) in [4.78, 5) is 12.5. The van der Waals surface area contributed by atoms with Gasteiger partial charge in [0.1, 0.15) is 5.82 Å². The van der Waals surface area contributed by atoms with E-state index in [4.69, 9.17) is 9.47 Å². The van der Waals surface area contributed by atoms with E-state index in [0.29, 0.717) is 49.5 Å². The van der Waals surface area contributed by atoms with E-state index in [1.807, 2.05) is 18.2 Å². The number of halogens is 1. The number of amides is 1. The maximum atomic E-state index is 13.0. The Labute approximate surface area is 174 Å². The van der Waals surface area contributed by atoms with Crippen LogP contribution in [0.3, 0.4) is 0 Å². The zero-order valence-corrected chi connectivity index (χ0v) is 17.2. The van der Waals surface area contributed by atoms with Gasteiger partial charge in [-0.3, -0.25) is 4.79 Å². The summed E-state index contributed by atoms with van der Waals surface area (Å²) < 4.78 is 50.3. The molecule has 0 atom stereocenters. The number of benzene rings is 2. The molecular weight excluding hydrogens is 411 g/mol. The second-order valence-electron chi connectivity index (χ2n) is 7.46. The van der Waals surface area contributed by atoms with Crippen molar-refractivity contribution in [2.75, 3.05) is 19.9 Å². The Hall–Kier alpha value is -2.65. The van der Waals surface area contributed by atoms with Gasteiger partial charge in [0.2, 0.25) is 22.7 Å². The maximum Gasteiger partial charge on any atom is 0.231 e. The lowest BCUT2D eigenvalue weighted by atomic mass is 9.97. The van der Waals surface area contributed by atoms with Gasteiger partial charge in [-0.1, -0.05) is 18.2 Å². The molecule has 2 aromatic carbocycles. The van der Waals surface area contributed by atoms with Crippen LogP contribution in [0.4, 0.5) is 4.39 Å². The van der Waals surface area contributed by atoms with Crippen LogP contribution in [-0.2, 0) is 27.1 Å². The van der Waals surface area contributed by atoms with E-state index >= 15 is 0 Å². The first-order chi connectivity index (χ1) is 14.4. The summed E-state index contributed by atoms with van der Waals surface area (Å²) in [5, 5.41) is 2.92. The highest BCUT2D eigenvalue weighted by Crippen LogP contribution is 2.32. The first-order valence-electron chi connectivity index (χ1n) is 9.79. The van der Waals surface area contributed by atoms with Crippen molar-refractivity contribution in [3.8, 4) is 11.5 Å². The molecule has 0 unspecified atom stereocenters. The van der Waals surface area contributed by atoms with E-state index in [-0.39, 0.29) is 24.4 Å². The highest BCUT2D eigenvalue weighted by atomic mass is 32.2. The van der Waals surface area contributed by atoms with Gasteiger partial charge in [-0.25, -0.2) is 17.1 Å². The largest absolute Gasteiger partial charge is 0.454 e. The van der Waals surface area contributed by atoms with Crippen LogP contribution in [-0.4, -0.2) is 38.5 Å². The maximum absolute atomic E-state index is 13.0. The van der Waals surface area contributed by atoms with Crippen LogP contribution in [0.15, 0.2) is 42.5 Å². The van der Waals surface area contributed by atoms with Crippen molar-refractivity contribution < 1.29 is 27.1 Å². The minimum absolute atomic E-state index is 0.0803. The summed E-state index contributed by atoms with van der Waals surface area (Å²) in [6, 6.07) is 11.0. The molecular formula is C21H23FN2O5S. The van der Waals surface area contributed by atoms with Crippen LogP contribution in [0.25, 0.3) is 0 Å². The van der Waals surface area contributed by atoms with E-state index in [1.54, 1.807) is 0 Å². The van der Waals surface area contributed by atoms with E-state index < -0.39 is 15.8 Å². The molecule has 1 fully saturated rings. The minimum atomic E-state index is -3.51. The highest BCUT2D eigenvalue weighted by molar-refractivity contribution is 7.88. The third-order valence-corrected chi connectivity index (χ3v) is 7.23. The third kappa shape index (κ3) is 4.73. The SMILES string of the molecule is O=C(NCc1ccc2c(c1)OCO2)C1CCN(S(=O)(=O)Cc2ccc(F)cc2)CC1. The summed E-state index contributed by atoms with van der Waals surface area (Å²) in [5.41, 5.74) is 1.45. The lowest BCUT2D eigenvalue weighted by molar-refractivity contribution is -0.126. The molecule has 0 aromatic heterocycles. The summed E-state index contributed by atoms with van der Waals surface area (Å²) in [6.07, 6.45) is 0.936. The van der Waals surface area contributed by atoms with Gasteiger partial charge in [0.05, 0.1) is 5.75 Å². The molecule has 4 rings (SSSR count). The predicted molar refractivity (Wildman–Crippen MR) is 108 cm³/mol. The number of carbonyl (C=O) groups excluding carboxylic acids is 1. The Bertz CT molecular complexity index is 1020. The molecule has 2 heterocycles. The van der Waals surface area contributed by atoms with Crippen LogP contribution >= 0.6 is 0 Å². The van der Waals surface area contributed by atoms with Crippen molar-refractivity contribution in [2.24, 2.45) is 5.92 Å². The predicted octanol–water partition coefficient (Wildman–Crippen LogP) is 2.41. The van der Waals surface area contributed by atoms with Crippen molar-refractivity contribution in [3.05, 3.63) is 59.4 Å². The molecule has 2 aliphatic rings. The molecule has 0 saturated carbocycles. The number of carbonyl (C=O) groups is 1. The normalized spacial score (nSPS) is 17.1. The van der Waals surface area contributed by atoms with Crippen molar-refractivity contribution in [2.45, 2.75) is 25.1 Å². The Morgan fingerprint density at radius 2 is 1.70 bits per heavy atom. The summed E-state index contributed by atoms with van der Waals surface area (Å²) >= 11 is 0. The van der Waals surface area contributed by atoms with Gasteiger partial charge in [-0.15, -0.1) is 0 Å². The van der Waals surface area contributed by atoms with E-state index in [0.717, 1.165) is 5.56 Å². The molecule has 0 aliphatic carbocycles. The number of rotatable bonds is 6. The van der Waals surface area contributed by atoms with E-state index in [9.17, 15) is 17.6 Å². The van der Waals surface area contributed by atoms with E-state index in [1.165, 1.54) is 28.6 Å². The molecule has 1 saturated heterocycles. The fourth-order valence-corrected chi connectivity index (χ4v) is 5.23.